The van der Waals surface area contributed by atoms with Crippen LogP contribution in [0.2, 0.25) is 0 Å². The second-order valence-corrected chi connectivity index (χ2v) is 5.88. The van der Waals surface area contributed by atoms with Crippen LogP contribution in [-0.4, -0.2) is 37.1 Å². The van der Waals surface area contributed by atoms with E-state index in [0.717, 1.165) is 24.4 Å². The topological polar surface area (TPSA) is 15.3 Å². The van der Waals surface area contributed by atoms with Crippen LogP contribution >= 0.6 is 0 Å². The molecular formula is C14H30N2. The molecule has 1 N–H and O–H groups in total. The monoisotopic (exact) mass is 226 g/mol. The Kier molecular flexibility index (Phi) is 6.37. The molecule has 0 aromatic carbocycles. The Hall–Kier alpha value is -0.0800. The Bertz CT molecular complexity index is 176. The Labute approximate surface area is 102 Å². The first-order valence-electron chi connectivity index (χ1n) is 7.08. The Morgan fingerprint density at radius 3 is 2.38 bits per heavy atom. The van der Waals surface area contributed by atoms with Gasteiger partial charge in [0.15, 0.2) is 0 Å². The molecule has 0 heterocycles. The van der Waals surface area contributed by atoms with Gasteiger partial charge in [-0.15, -0.1) is 0 Å². The van der Waals surface area contributed by atoms with E-state index in [1.54, 1.807) is 0 Å². The molecule has 1 aliphatic rings. The molecule has 96 valence electrons. The predicted octanol–water partition coefficient (Wildman–Crippen LogP) is 2.74. The van der Waals surface area contributed by atoms with Gasteiger partial charge in [-0.05, 0) is 50.7 Å². The van der Waals surface area contributed by atoms with Gasteiger partial charge in [0.05, 0.1) is 0 Å². The van der Waals surface area contributed by atoms with Crippen molar-refractivity contribution in [3.8, 4) is 0 Å². The van der Waals surface area contributed by atoms with Crippen LogP contribution in [0.15, 0.2) is 0 Å². The normalized spacial score (nSPS) is 18.4. The van der Waals surface area contributed by atoms with Crippen LogP contribution in [0.5, 0.6) is 0 Å². The highest BCUT2D eigenvalue weighted by Gasteiger charge is 2.28. The van der Waals surface area contributed by atoms with E-state index in [1.165, 1.54) is 38.9 Å². The average Bonchev–Trinajstić information content (AvgIpc) is 2.99. The Balaban J connectivity index is 2.12. The van der Waals surface area contributed by atoms with Crippen LogP contribution in [-0.2, 0) is 0 Å². The lowest BCUT2D eigenvalue weighted by Crippen LogP contribution is -2.36. The van der Waals surface area contributed by atoms with Crippen LogP contribution in [0.1, 0.15) is 47.0 Å². The molecule has 0 aromatic rings. The molecule has 1 aliphatic carbocycles. The van der Waals surface area contributed by atoms with Crippen molar-refractivity contribution in [3.05, 3.63) is 0 Å². The minimum atomic E-state index is 0.766. The molecule has 0 aromatic heterocycles. The lowest BCUT2D eigenvalue weighted by atomic mass is 10.1. The van der Waals surface area contributed by atoms with E-state index in [1.807, 2.05) is 0 Å². The van der Waals surface area contributed by atoms with Gasteiger partial charge in [-0.1, -0.05) is 27.7 Å². The van der Waals surface area contributed by atoms with Gasteiger partial charge in [-0.3, -0.25) is 0 Å². The Morgan fingerprint density at radius 1 is 1.19 bits per heavy atom. The van der Waals surface area contributed by atoms with Crippen molar-refractivity contribution in [1.29, 1.82) is 0 Å². The minimum absolute atomic E-state index is 0.766. The number of hydrogen-bond acceptors (Lipinski definition) is 2. The van der Waals surface area contributed by atoms with Crippen molar-refractivity contribution < 1.29 is 0 Å². The Morgan fingerprint density at radius 2 is 1.88 bits per heavy atom. The van der Waals surface area contributed by atoms with Crippen LogP contribution in [0.25, 0.3) is 0 Å². The first kappa shape index (κ1) is 14.0. The van der Waals surface area contributed by atoms with Gasteiger partial charge in [0.25, 0.3) is 0 Å². The van der Waals surface area contributed by atoms with E-state index in [2.05, 4.69) is 37.9 Å². The van der Waals surface area contributed by atoms with Crippen molar-refractivity contribution >= 4 is 0 Å². The second kappa shape index (κ2) is 7.29. The third-order valence-corrected chi connectivity index (χ3v) is 3.17. The molecule has 1 fully saturated rings. The first-order chi connectivity index (χ1) is 7.63. The van der Waals surface area contributed by atoms with Crippen molar-refractivity contribution in [3.63, 3.8) is 0 Å². The fraction of sp³-hybridized carbons (Fsp3) is 1.00. The molecule has 0 spiro atoms. The van der Waals surface area contributed by atoms with Crippen LogP contribution in [0.4, 0.5) is 0 Å². The van der Waals surface area contributed by atoms with Gasteiger partial charge in [-0.25, -0.2) is 0 Å². The van der Waals surface area contributed by atoms with E-state index in [0.29, 0.717) is 0 Å². The zero-order chi connectivity index (χ0) is 12.0. The highest BCUT2D eigenvalue weighted by Crippen LogP contribution is 2.27. The highest BCUT2D eigenvalue weighted by molar-refractivity contribution is 4.85. The van der Waals surface area contributed by atoms with Crippen LogP contribution < -0.4 is 5.32 Å². The van der Waals surface area contributed by atoms with Gasteiger partial charge in [0.1, 0.15) is 0 Å². The summed E-state index contributed by atoms with van der Waals surface area (Å²) in [6.07, 6.45) is 4.17. The lowest BCUT2D eigenvalue weighted by molar-refractivity contribution is 0.224. The summed E-state index contributed by atoms with van der Waals surface area (Å²) in [5.74, 6) is 1.55. The molecule has 0 aliphatic heterocycles. The molecular weight excluding hydrogens is 196 g/mol. The summed E-state index contributed by atoms with van der Waals surface area (Å²) in [5.41, 5.74) is 0. The highest BCUT2D eigenvalue weighted by atomic mass is 15.2. The summed E-state index contributed by atoms with van der Waals surface area (Å²) in [5, 5.41) is 3.56. The van der Waals surface area contributed by atoms with Crippen molar-refractivity contribution in [2.24, 2.45) is 11.8 Å². The van der Waals surface area contributed by atoms with Crippen molar-refractivity contribution in [2.75, 3.05) is 26.2 Å². The largest absolute Gasteiger partial charge is 0.316 e. The molecule has 1 rings (SSSR count). The summed E-state index contributed by atoms with van der Waals surface area (Å²) in [4.78, 5) is 2.70. The number of rotatable bonds is 9. The summed E-state index contributed by atoms with van der Waals surface area (Å²) >= 11 is 0. The maximum absolute atomic E-state index is 3.56. The molecule has 0 amide bonds. The second-order valence-electron chi connectivity index (χ2n) is 5.88. The number of nitrogens with zero attached hydrogens (tertiary/aromatic N) is 1. The summed E-state index contributed by atoms with van der Waals surface area (Å²) < 4.78 is 0. The van der Waals surface area contributed by atoms with Gasteiger partial charge >= 0.3 is 0 Å². The van der Waals surface area contributed by atoms with E-state index < -0.39 is 0 Å². The maximum atomic E-state index is 3.56. The third kappa shape index (κ3) is 5.86. The van der Waals surface area contributed by atoms with Gasteiger partial charge in [-0.2, -0.15) is 0 Å². The number of nitrogens with one attached hydrogen (secondary N) is 1. The molecule has 2 nitrogen and oxygen atoms in total. The lowest BCUT2D eigenvalue weighted by Gasteiger charge is -2.25. The molecule has 0 radical (unpaired) electrons. The summed E-state index contributed by atoms with van der Waals surface area (Å²) in [6.45, 7) is 14.1. The van der Waals surface area contributed by atoms with E-state index in [9.17, 15) is 0 Å². The smallest absolute Gasteiger partial charge is 0.00965 e. The van der Waals surface area contributed by atoms with Crippen molar-refractivity contribution in [1.82, 2.24) is 10.2 Å². The van der Waals surface area contributed by atoms with Gasteiger partial charge in [0, 0.05) is 12.6 Å². The molecule has 1 unspecified atom stereocenters. The standard InChI is InChI=1S/C14H30N2/c1-5-8-16(14-6-7-14)11-13(4)10-15-9-12(2)3/h12-15H,5-11H2,1-4H3. The fourth-order valence-corrected chi connectivity index (χ4v) is 2.23. The first-order valence-corrected chi connectivity index (χ1v) is 7.08. The van der Waals surface area contributed by atoms with E-state index >= 15 is 0 Å². The maximum Gasteiger partial charge on any atom is 0.00965 e. The molecule has 1 atom stereocenters. The summed E-state index contributed by atoms with van der Waals surface area (Å²) in [6, 6.07) is 0.924. The predicted molar refractivity (Wildman–Crippen MR) is 71.8 cm³/mol. The SMILES string of the molecule is CCCN(CC(C)CNCC(C)C)C1CC1. The van der Waals surface area contributed by atoms with Crippen LogP contribution in [0.3, 0.4) is 0 Å². The molecule has 16 heavy (non-hydrogen) atoms. The molecule has 0 bridgehead atoms. The van der Waals surface area contributed by atoms with E-state index in [4.69, 9.17) is 0 Å². The zero-order valence-electron chi connectivity index (χ0n) is 11.6. The third-order valence-electron chi connectivity index (χ3n) is 3.17. The van der Waals surface area contributed by atoms with E-state index in [-0.39, 0.29) is 0 Å². The zero-order valence-corrected chi connectivity index (χ0v) is 11.6. The quantitative estimate of drug-likeness (QED) is 0.650. The van der Waals surface area contributed by atoms with Crippen molar-refractivity contribution in [2.45, 2.75) is 53.0 Å². The fourth-order valence-electron chi connectivity index (χ4n) is 2.23. The van der Waals surface area contributed by atoms with Gasteiger partial charge in [0.2, 0.25) is 0 Å². The molecule has 2 heteroatoms. The average molecular weight is 226 g/mol. The van der Waals surface area contributed by atoms with Crippen LogP contribution in [0, 0.1) is 11.8 Å². The van der Waals surface area contributed by atoms with Gasteiger partial charge < -0.3 is 10.2 Å². The number of hydrogen-bond donors (Lipinski definition) is 1. The molecule has 0 saturated heterocycles. The minimum Gasteiger partial charge on any atom is -0.316 e. The molecule has 1 saturated carbocycles. The summed E-state index contributed by atoms with van der Waals surface area (Å²) in [7, 11) is 0.